The number of nitrogens with zero attached hydrogens (tertiary/aromatic N) is 2. The molecule has 2 aliphatic rings. The van der Waals surface area contributed by atoms with Crippen LogP contribution < -0.4 is 4.74 Å². The molecule has 144 valence electrons. The van der Waals surface area contributed by atoms with Crippen molar-refractivity contribution in [1.82, 2.24) is 9.80 Å². The summed E-state index contributed by atoms with van der Waals surface area (Å²) >= 11 is 0. The molecule has 0 bridgehead atoms. The van der Waals surface area contributed by atoms with E-state index in [9.17, 15) is 14.4 Å². The van der Waals surface area contributed by atoms with Crippen molar-refractivity contribution >= 4 is 24.2 Å². The monoisotopic (exact) mass is 376 g/mol. The van der Waals surface area contributed by atoms with Crippen molar-refractivity contribution in [2.45, 2.75) is 31.7 Å². The van der Waals surface area contributed by atoms with Gasteiger partial charge < -0.3 is 19.7 Å². The molecule has 0 aliphatic carbocycles. The highest BCUT2D eigenvalue weighted by Gasteiger charge is 2.42. The summed E-state index contributed by atoms with van der Waals surface area (Å²) in [5, 5.41) is 18.3. The Balaban J connectivity index is 1.70. The SMILES string of the molecule is C=Cc1ccc(OC)c2c1CN(C(=O)O[C@@H]1C[C@@H](C(=O)O)N(C(=O)O)C1)C2. The lowest BCUT2D eigenvalue weighted by atomic mass is 10.0. The molecule has 0 aromatic heterocycles. The second-order valence-electron chi connectivity index (χ2n) is 6.40. The molecule has 1 saturated heterocycles. The minimum atomic E-state index is -1.35. The topological polar surface area (TPSA) is 117 Å². The fourth-order valence-electron chi connectivity index (χ4n) is 3.54. The van der Waals surface area contributed by atoms with E-state index in [1.807, 2.05) is 12.1 Å². The summed E-state index contributed by atoms with van der Waals surface area (Å²) in [5.41, 5.74) is 2.68. The van der Waals surface area contributed by atoms with Gasteiger partial charge in [-0.1, -0.05) is 18.7 Å². The molecule has 3 rings (SSSR count). The first-order chi connectivity index (χ1) is 12.8. The highest BCUT2D eigenvalue weighted by Crippen LogP contribution is 2.34. The van der Waals surface area contributed by atoms with Gasteiger partial charge in [-0.15, -0.1) is 0 Å². The van der Waals surface area contributed by atoms with Crippen LogP contribution in [-0.4, -0.2) is 64.0 Å². The van der Waals surface area contributed by atoms with Gasteiger partial charge in [-0.3, -0.25) is 9.80 Å². The van der Waals surface area contributed by atoms with E-state index < -0.39 is 30.3 Å². The number of hydrogen-bond acceptors (Lipinski definition) is 5. The molecule has 2 atom stereocenters. The van der Waals surface area contributed by atoms with E-state index in [-0.39, 0.29) is 19.5 Å². The normalized spacial score (nSPS) is 20.9. The number of amides is 2. The van der Waals surface area contributed by atoms with E-state index in [4.69, 9.17) is 19.7 Å². The van der Waals surface area contributed by atoms with Crippen LogP contribution in [0.1, 0.15) is 23.1 Å². The first-order valence-electron chi connectivity index (χ1n) is 8.34. The molecule has 0 unspecified atom stereocenters. The number of likely N-dealkylation sites (tertiary alicyclic amines) is 1. The van der Waals surface area contributed by atoms with Crippen molar-refractivity contribution in [3.05, 3.63) is 35.4 Å². The number of carbonyl (C=O) groups excluding carboxylic acids is 1. The van der Waals surface area contributed by atoms with Gasteiger partial charge in [0.25, 0.3) is 0 Å². The quantitative estimate of drug-likeness (QED) is 0.825. The van der Waals surface area contributed by atoms with Gasteiger partial charge in [0, 0.05) is 12.0 Å². The molecule has 27 heavy (non-hydrogen) atoms. The Morgan fingerprint density at radius 2 is 1.93 bits per heavy atom. The van der Waals surface area contributed by atoms with Crippen LogP contribution in [0.25, 0.3) is 6.08 Å². The highest BCUT2D eigenvalue weighted by molar-refractivity contribution is 5.80. The minimum absolute atomic E-state index is 0.0740. The number of ether oxygens (including phenoxy) is 2. The molecule has 9 heteroatoms. The molecule has 2 aliphatic heterocycles. The summed E-state index contributed by atoms with van der Waals surface area (Å²) in [5.74, 6) is -0.598. The average Bonchev–Trinajstić information content (AvgIpc) is 3.25. The molecule has 9 nitrogen and oxygen atoms in total. The summed E-state index contributed by atoms with van der Waals surface area (Å²) in [7, 11) is 1.55. The molecule has 1 fully saturated rings. The Kier molecular flexibility index (Phi) is 4.93. The molecule has 1 aromatic carbocycles. The van der Waals surface area contributed by atoms with Crippen molar-refractivity contribution in [2.75, 3.05) is 13.7 Å². The Morgan fingerprint density at radius 1 is 1.22 bits per heavy atom. The first kappa shape index (κ1) is 18.6. The smallest absolute Gasteiger partial charge is 0.410 e. The molecule has 2 heterocycles. The average molecular weight is 376 g/mol. The molecule has 2 N–H and O–H groups in total. The fraction of sp³-hybridized carbons (Fsp3) is 0.389. The van der Waals surface area contributed by atoms with Crippen molar-refractivity contribution < 1.29 is 34.1 Å². The van der Waals surface area contributed by atoms with Crippen molar-refractivity contribution in [3.8, 4) is 5.75 Å². The number of carboxylic acid groups (broad SMARTS) is 2. The van der Waals surface area contributed by atoms with Crippen LogP contribution in [0, 0.1) is 0 Å². The van der Waals surface area contributed by atoms with Crippen molar-refractivity contribution in [1.29, 1.82) is 0 Å². The standard InChI is InChI=1S/C18H20N2O7/c1-3-10-4-5-15(26-2)13-9-19(8-12(10)13)18(25)27-11-6-14(16(21)22)20(7-11)17(23)24/h3-5,11,14H,1,6-9H2,2H3,(H,21,22)(H,23,24)/t11-,14+/m1/s1. The van der Waals surface area contributed by atoms with Crippen LogP contribution in [0.3, 0.4) is 0 Å². The summed E-state index contributed by atoms with van der Waals surface area (Å²) < 4.78 is 10.7. The van der Waals surface area contributed by atoms with E-state index >= 15 is 0 Å². The third kappa shape index (κ3) is 3.40. The van der Waals surface area contributed by atoms with E-state index in [1.54, 1.807) is 13.2 Å². The van der Waals surface area contributed by atoms with E-state index in [0.29, 0.717) is 12.3 Å². The zero-order valence-corrected chi connectivity index (χ0v) is 14.8. The van der Waals surface area contributed by atoms with Gasteiger partial charge in [-0.2, -0.15) is 0 Å². The predicted molar refractivity (Wildman–Crippen MR) is 93.4 cm³/mol. The van der Waals surface area contributed by atoms with Gasteiger partial charge in [0.15, 0.2) is 0 Å². The maximum absolute atomic E-state index is 12.5. The van der Waals surface area contributed by atoms with Gasteiger partial charge in [-0.05, 0) is 17.2 Å². The van der Waals surface area contributed by atoms with Crippen LogP contribution in [0.15, 0.2) is 18.7 Å². The number of rotatable bonds is 4. The van der Waals surface area contributed by atoms with Crippen LogP contribution in [0.2, 0.25) is 0 Å². The van der Waals surface area contributed by atoms with Crippen LogP contribution in [0.5, 0.6) is 5.75 Å². The number of aliphatic carboxylic acids is 1. The van der Waals surface area contributed by atoms with Crippen molar-refractivity contribution in [3.63, 3.8) is 0 Å². The van der Waals surface area contributed by atoms with Gasteiger partial charge in [0.1, 0.15) is 17.9 Å². The number of carbonyl (C=O) groups is 3. The number of hydrogen-bond donors (Lipinski definition) is 2. The largest absolute Gasteiger partial charge is 0.496 e. The fourth-order valence-corrected chi connectivity index (χ4v) is 3.54. The molecule has 0 radical (unpaired) electrons. The van der Waals surface area contributed by atoms with Gasteiger partial charge in [-0.25, -0.2) is 14.4 Å². The van der Waals surface area contributed by atoms with Crippen LogP contribution in [0.4, 0.5) is 9.59 Å². The first-order valence-corrected chi connectivity index (χ1v) is 8.34. The Hall–Kier alpha value is -3.23. The third-order valence-electron chi connectivity index (χ3n) is 4.88. The predicted octanol–water partition coefficient (Wildman–Crippen LogP) is 2.00. The third-order valence-corrected chi connectivity index (χ3v) is 4.88. The maximum Gasteiger partial charge on any atom is 0.410 e. The number of fused-ring (bicyclic) bond motifs is 1. The van der Waals surface area contributed by atoms with Gasteiger partial charge in [0.2, 0.25) is 0 Å². The Labute approximate surface area is 155 Å². The van der Waals surface area contributed by atoms with Crippen molar-refractivity contribution in [2.24, 2.45) is 0 Å². The summed E-state index contributed by atoms with van der Waals surface area (Å²) in [4.78, 5) is 37.2. The van der Waals surface area contributed by atoms with E-state index in [0.717, 1.165) is 21.6 Å². The van der Waals surface area contributed by atoms with Gasteiger partial charge >= 0.3 is 18.2 Å². The minimum Gasteiger partial charge on any atom is -0.496 e. The van der Waals surface area contributed by atoms with Crippen LogP contribution in [-0.2, 0) is 22.6 Å². The lowest BCUT2D eigenvalue weighted by Gasteiger charge is -2.19. The molecule has 2 amide bonds. The molecule has 0 saturated carbocycles. The summed E-state index contributed by atoms with van der Waals surface area (Å²) in [6, 6.07) is 2.45. The zero-order chi connectivity index (χ0) is 19.7. The lowest BCUT2D eigenvalue weighted by molar-refractivity contribution is -0.141. The summed E-state index contributed by atoms with van der Waals surface area (Å²) in [6.45, 7) is 4.21. The summed E-state index contributed by atoms with van der Waals surface area (Å²) in [6.07, 6.45) is -1.15. The maximum atomic E-state index is 12.5. The zero-order valence-electron chi connectivity index (χ0n) is 14.8. The Bertz CT molecular complexity index is 785. The van der Waals surface area contributed by atoms with E-state index in [1.165, 1.54) is 4.90 Å². The molecular weight excluding hydrogens is 356 g/mol. The molecule has 0 spiro atoms. The highest BCUT2D eigenvalue weighted by atomic mass is 16.6. The molecular formula is C18H20N2O7. The van der Waals surface area contributed by atoms with E-state index in [2.05, 4.69) is 6.58 Å². The number of carboxylic acids is 1. The second-order valence-corrected chi connectivity index (χ2v) is 6.40. The van der Waals surface area contributed by atoms with Crippen LogP contribution >= 0.6 is 0 Å². The second kappa shape index (κ2) is 7.18. The Morgan fingerprint density at radius 3 is 2.48 bits per heavy atom. The number of benzene rings is 1. The lowest BCUT2D eigenvalue weighted by Crippen LogP contribution is -2.39. The van der Waals surface area contributed by atoms with Gasteiger partial charge in [0.05, 0.1) is 26.7 Å². The molecule has 1 aromatic rings. The number of methoxy groups -OCH3 is 1.